The van der Waals surface area contributed by atoms with Gasteiger partial charge in [0.1, 0.15) is 12.0 Å². The highest BCUT2D eigenvalue weighted by atomic mass is 16.5. The topological polar surface area (TPSA) is 92.2 Å². The van der Waals surface area contributed by atoms with E-state index in [4.69, 9.17) is 9.26 Å². The van der Waals surface area contributed by atoms with E-state index < -0.39 is 0 Å². The Balaban J connectivity index is 1.55. The molecule has 3 rings (SSSR count). The molecule has 0 aliphatic heterocycles. The number of ether oxygens (including phenoxy) is 1. The molecule has 0 radical (unpaired) electrons. The molecule has 24 heavy (non-hydrogen) atoms. The van der Waals surface area contributed by atoms with E-state index in [0.29, 0.717) is 30.3 Å². The number of hydrogen-bond donors (Lipinski definition) is 3. The van der Waals surface area contributed by atoms with Gasteiger partial charge in [-0.15, -0.1) is 0 Å². The molecule has 3 aromatic rings. The van der Waals surface area contributed by atoms with Crippen LogP contribution in [0.4, 0.5) is 16.2 Å². The first-order valence-corrected chi connectivity index (χ1v) is 7.58. The lowest BCUT2D eigenvalue weighted by Gasteiger charge is -2.07. The van der Waals surface area contributed by atoms with Gasteiger partial charge in [-0.05, 0) is 30.7 Å². The Bertz CT molecular complexity index is 779. The summed E-state index contributed by atoms with van der Waals surface area (Å²) in [6, 6.07) is 10.7. The molecule has 0 atom stereocenters. The second-order valence-corrected chi connectivity index (χ2v) is 5.10. The number of carbonyl (C=O) groups excluding carboxylic acids is 1. The Morgan fingerprint density at radius 2 is 2.00 bits per heavy atom. The lowest BCUT2D eigenvalue weighted by atomic mass is 10.2. The van der Waals surface area contributed by atoms with Crippen molar-refractivity contribution in [1.82, 2.24) is 10.1 Å². The number of urea groups is 1. The average Bonchev–Trinajstić information content (AvgIpc) is 3.25. The Hall–Kier alpha value is -3.06. The number of anilines is 2. The maximum Gasteiger partial charge on any atom is 0.323 e. The van der Waals surface area contributed by atoms with Crippen LogP contribution in [0.25, 0.3) is 11.4 Å². The lowest BCUT2D eigenvalue weighted by molar-refractivity contribution is 0.134. The number of nitrogens with one attached hydrogen (secondary N) is 3. The van der Waals surface area contributed by atoms with Gasteiger partial charge in [-0.3, -0.25) is 0 Å². The smallest absolute Gasteiger partial charge is 0.323 e. The van der Waals surface area contributed by atoms with Gasteiger partial charge in [-0.1, -0.05) is 17.3 Å². The lowest BCUT2D eigenvalue weighted by Crippen LogP contribution is -2.19. The zero-order chi connectivity index (χ0) is 16.8. The number of hydrogen-bond acceptors (Lipinski definition) is 4. The van der Waals surface area contributed by atoms with Crippen LogP contribution < -0.4 is 10.6 Å². The fourth-order valence-electron chi connectivity index (χ4n) is 2.16. The van der Waals surface area contributed by atoms with Crippen LogP contribution in [0.15, 0.2) is 53.4 Å². The predicted octanol–water partition coefficient (Wildman–Crippen LogP) is 3.85. The minimum absolute atomic E-state index is 0.321. The molecule has 7 nitrogen and oxygen atoms in total. The molecule has 0 saturated heterocycles. The van der Waals surface area contributed by atoms with E-state index in [1.54, 1.807) is 18.3 Å². The van der Waals surface area contributed by atoms with Gasteiger partial charge >= 0.3 is 6.03 Å². The number of aromatic amines is 1. The summed E-state index contributed by atoms with van der Waals surface area (Å²) in [5.74, 6) is 0. The molecule has 0 aliphatic rings. The highest BCUT2D eigenvalue weighted by Gasteiger charge is 2.08. The maximum absolute atomic E-state index is 12.0. The summed E-state index contributed by atoms with van der Waals surface area (Å²) in [6.45, 7) is 3.20. The molecule has 0 bridgehead atoms. The summed E-state index contributed by atoms with van der Waals surface area (Å²) in [7, 11) is 0. The molecule has 0 fully saturated rings. The predicted molar refractivity (Wildman–Crippen MR) is 90.7 cm³/mol. The van der Waals surface area contributed by atoms with Crippen LogP contribution in [0, 0.1) is 0 Å². The van der Waals surface area contributed by atoms with Crippen molar-refractivity contribution in [2.75, 3.05) is 17.2 Å². The molecule has 7 heteroatoms. The van der Waals surface area contributed by atoms with Crippen LogP contribution in [-0.2, 0) is 11.3 Å². The molecule has 1 aromatic carbocycles. The molecular formula is C17H18N4O3. The monoisotopic (exact) mass is 326 g/mol. The van der Waals surface area contributed by atoms with E-state index in [2.05, 4.69) is 20.8 Å². The number of benzene rings is 1. The normalized spacial score (nSPS) is 10.5. The number of carbonyl (C=O) groups is 1. The summed E-state index contributed by atoms with van der Waals surface area (Å²) >= 11 is 0. The van der Waals surface area contributed by atoms with Gasteiger partial charge in [-0.2, -0.15) is 0 Å². The van der Waals surface area contributed by atoms with Gasteiger partial charge in [0.15, 0.2) is 0 Å². The average molecular weight is 326 g/mol. The van der Waals surface area contributed by atoms with Crippen molar-refractivity contribution in [2.45, 2.75) is 13.5 Å². The third kappa shape index (κ3) is 4.02. The van der Waals surface area contributed by atoms with Gasteiger partial charge in [0.2, 0.25) is 0 Å². The summed E-state index contributed by atoms with van der Waals surface area (Å²) in [5, 5.41) is 9.37. The Kier molecular flexibility index (Phi) is 4.93. The number of aromatic nitrogens is 2. The summed E-state index contributed by atoms with van der Waals surface area (Å²) in [6.07, 6.45) is 3.18. The molecule has 0 spiro atoms. The minimum atomic E-state index is -0.321. The molecule has 0 unspecified atom stereocenters. The van der Waals surface area contributed by atoms with Crippen molar-refractivity contribution in [3.05, 3.63) is 54.4 Å². The largest absolute Gasteiger partial charge is 0.377 e. The van der Waals surface area contributed by atoms with E-state index in [-0.39, 0.29) is 6.03 Å². The van der Waals surface area contributed by atoms with Gasteiger partial charge in [-0.25, -0.2) is 4.79 Å². The van der Waals surface area contributed by atoms with Crippen molar-refractivity contribution in [3.63, 3.8) is 0 Å². The van der Waals surface area contributed by atoms with Crippen LogP contribution in [-0.4, -0.2) is 22.8 Å². The molecule has 3 N–H and O–H groups in total. The van der Waals surface area contributed by atoms with Gasteiger partial charge in [0.05, 0.1) is 18.0 Å². The SMILES string of the molecule is CCOCc1ccc(NC(=O)Nc2c[nH]c(-c3ccon3)c2)cc1. The highest BCUT2D eigenvalue weighted by molar-refractivity contribution is 6.00. The molecule has 2 amide bonds. The number of H-pyrrole nitrogens is 1. The minimum Gasteiger partial charge on any atom is -0.377 e. The number of amides is 2. The van der Waals surface area contributed by atoms with Crippen LogP contribution in [0.1, 0.15) is 12.5 Å². The maximum atomic E-state index is 12.0. The van der Waals surface area contributed by atoms with Crippen molar-refractivity contribution in [2.24, 2.45) is 0 Å². The summed E-state index contributed by atoms with van der Waals surface area (Å²) in [4.78, 5) is 15.1. The standard InChI is InChI=1S/C17H18N4O3/c1-2-23-11-12-3-5-13(6-4-12)19-17(22)20-14-9-16(18-10-14)15-7-8-24-21-15/h3-10,18H,2,11H2,1H3,(H2,19,20,22). The highest BCUT2D eigenvalue weighted by Crippen LogP contribution is 2.20. The van der Waals surface area contributed by atoms with Crippen molar-refractivity contribution in [3.8, 4) is 11.4 Å². The third-order valence-corrected chi connectivity index (χ3v) is 3.34. The molecule has 124 valence electrons. The molecule has 2 aromatic heterocycles. The van der Waals surface area contributed by atoms with E-state index in [9.17, 15) is 4.79 Å². The second kappa shape index (κ2) is 7.47. The fourth-order valence-corrected chi connectivity index (χ4v) is 2.16. The molecule has 2 heterocycles. The number of nitrogens with zero attached hydrogens (tertiary/aromatic N) is 1. The summed E-state index contributed by atoms with van der Waals surface area (Å²) in [5.41, 5.74) is 3.84. The zero-order valence-electron chi connectivity index (χ0n) is 13.2. The molecular weight excluding hydrogens is 308 g/mol. The van der Waals surface area contributed by atoms with Crippen LogP contribution >= 0.6 is 0 Å². The number of rotatable bonds is 6. The van der Waals surface area contributed by atoms with Crippen molar-refractivity contribution >= 4 is 17.4 Å². The fraction of sp³-hybridized carbons (Fsp3) is 0.176. The van der Waals surface area contributed by atoms with E-state index in [1.807, 2.05) is 31.2 Å². The quantitative estimate of drug-likeness (QED) is 0.641. The van der Waals surface area contributed by atoms with Gasteiger partial charge in [0, 0.05) is 24.6 Å². The van der Waals surface area contributed by atoms with E-state index >= 15 is 0 Å². The van der Waals surface area contributed by atoms with Crippen molar-refractivity contribution < 1.29 is 14.1 Å². The van der Waals surface area contributed by atoms with E-state index in [1.165, 1.54) is 6.26 Å². The Morgan fingerprint density at radius 1 is 1.21 bits per heavy atom. The second-order valence-electron chi connectivity index (χ2n) is 5.10. The van der Waals surface area contributed by atoms with Crippen LogP contribution in [0.2, 0.25) is 0 Å². The summed E-state index contributed by atoms with van der Waals surface area (Å²) < 4.78 is 10.1. The Labute approximate surface area is 139 Å². The zero-order valence-corrected chi connectivity index (χ0v) is 13.2. The van der Waals surface area contributed by atoms with Crippen LogP contribution in [0.3, 0.4) is 0 Å². The Morgan fingerprint density at radius 3 is 2.71 bits per heavy atom. The first-order chi connectivity index (χ1) is 11.7. The van der Waals surface area contributed by atoms with Gasteiger partial charge in [0.25, 0.3) is 0 Å². The van der Waals surface area contributed by atoms with Gasteiger partial charge < -0.3 is 24.9 Å². The van der Waals surface area contributed by atoms with Crippen molar-refractivity contribution in [1.29, 1.82) is 0 Å². The third-order valence-electron chi connectivity index (χ3n) is 3.34. The molecule has 0 saturated carbocycles. The first-order valence-electron chi connectivity index (χ1n) is 7.58. The van der Waals surface area contributed by atoms with Crippen LogP contribution in [0.5, 0.6) is 0 Å². The molecule has 0 aliphatic carbocycles. The first kappa shape index (κ1) is 15.8. The van der Waals surface area contributed by atoms with E-state index in [0.717, 1.165) is 11.3 Å².